The van der Waals surface area contributed by atoms with Crippen LogP contribution in [0.5, 0.6) is 0 Å². The minimum Gasteiger partial charge on any atom is -0.475 e. The Morgan fingerprint density at radius 1 is 1.50 bits per heavy atom. The van der Waals surface area contributed by atoms with Crippen LogP contribution in [0.15, 0.2) is 12.3 Å². The topological polar surface area (TPSA) is 76.2 Å². The number of pyridine rings is 1. The number of aryl methyl sites for hydroxylation is 1. The molecule has 0 bridgehead atoms. The molecule has 0 aliphatic heterocycles. The van der Waals surface area contributed by atoms with Crippen LogP contribution in [0.25, 0.3) is 0 Å². The van der Waals surface area contributed by atoms with E-state index in [4.69, 9.17) is 15.6 Å². The van der Waals surface area contributed by atoms with Crippen LogP contribution in [0.2, 0.25) is 0 Å². The maximum Gasteiger partial charge on any atom is 0.490 e. The molecular formula is C11H13F3N2O2. The summed E-state index contributed by atoms with van der Waals surface area (Å²) in [5.74, 6) is -2.76. The van der Waals surface area contributed by atoms with Gasteiger partial charge in [-0.2, -0.15) is 13.2 Å². The fourth-order valence-corrected chi connectivity index (χ4v) is 1.68. The van der Waals surface area contributed by atoms with Crippen molar-refractivity contribution in [2.45, 2.75) is 32.0 Å². The summed E-state index contributed by atoms with van der Waals surface area (Å²) < 4.78 is 31.7. The zero-order valence-electron chi connectivity index (χ0n) is 9.66. The number of hydrogen-bond donors (Lipinski definition) is 2. The van der Waals surface area contributed by atoms with Gasteiger partial charge in [0.25, 0.3) is 0 Å². The minimum atomic E-state index is -5.08. The molecule has 100 valence electrons. The summed E-state index contributed by atoms with van der Waals surface area (Å²) in [5, 5.41) is 7.12. The van der Waals surface area contributed by atoms with Crippen molar-refractivity contribution in [3.63, 3.8) is 0 Å². The lowest BCUT2D eigenvalue weighted by molar-refractivity contribution is -0.192. The number of nitrogens with zero attached hydrogens (tertiary/aromatic N) is 1. The van der Waals surface area contributed by atoms with Gasteiger partial charge in [-0.25, -0.2) is 4.79 Å². The van der Waals surface area contributed by atoms with Crippen molar-refractivity contribution in [2.24, 2.45) is 5.73 Å². The number of carboxylic acids is 1. The van der Waals surface area contributed by atoms with Crippen molar-refractivity contribution in [1.82, 2.24) is 4.98 Å². The molecule has 1 unspecified atom stereocenters. The summed E-state index contributed by atoms with van der Waals surface area (Å²) in [6.07, 6.45) is -1.25. The molecule has 18 heavy (non-hydrogen) atoms. The maximum absolute atomic E-state index is 10.6. The van der Waals surface area contributed by atoms with Gasteiger partial charge in [-0.15, -0.1) is 0 Å². The van der Waals surface area contributed by atoms with Gasteiger partial charge >= 0.3 is 12.1 Å². The largest absolute Gasteiger partial charge is 0.490 e. The summed E-state index contributed by atoms with van der Waals surface area (Å²) in [6, 6.07) is 2.36. The van der Waals surface area contributed by atoms with Crippen molar-refractivity contribution in [3.05, 3.63) is 29.1 Å². The van der Waals surface area contributed by atoms with E-state index in [0.717, 1.165) is 12.8 Å². The highest BCUT2D eigenvalue weighted by atomic mass is 19.4. The zero-order valence-corrected chi connectivity index (χ0v) is 9.66. The average Bonchev–Trinajstić information content (AvgIpc) is 2.59. The lowest BCUT2D eigenvalue weighted by Gasteiger charge is -1.99. The average molecular weight is 262 g/mol. The molecule has 1 aromatic heterocycles. The first-order valence-corrected chi connectivity index (χ1v) is 5.21. The molecule has 1 aliphatic carbocycles. The molecule has 0 amide bonds. The summed E-state index contributed by atoms with van der Waals surface area (Å²) in [7, 11) is 0. The van der Waals surface area contributed by atoms with Gasteiger partial charge < -0.3 is 10.8 Å². The second kappa shape index (κ2) is 5.34. The first kappa shape index (κ1) is 14.4. The second-order valence-corrected chi connectivity index (χ2v) is 4.02. The van der Waals surface area contributed by atoms with E-state index in [1.807, 2.05) is 6.20 Å². The predicted octanol–water partition coefficient (Wildman–Crippen LogP) is 1.45. The molecule has 1 heterocycles. The number of aliphatic carboxylic acids is 1. The second-order valence-electron chi connectivity index (χ2n) is 4.02. The van der Waals surface area contributed by atoms with Crippen LogP contribution in [-0.2, 0) is 17.6 Å². The lowest BCUT2D eigenvalue weighted by Crippen LogP contribution is -2.21. The monoisotopic (exact) mass is 262 g/mol. The number of rotatable bonds is 0. The Labute approximate surface area is 102 Å². The molecule has 0 aromatic carbocycles. The summed E-state index contributed by atoms with van der Waals surface area (Å²) in [4.78, 5) is 13.2. The summed E-state index contributed by atoms with van der Waals surface area (Å²) in [5.41, 5.74) is 9.73. The van der Waals surface area contributed by atoms with Crippen LogP contribution in [0.4, 0.5) is 13.2 Å². The van der Waals surface area contributed by atoms with E-state index in [2.05, 4.69) is 18.0 Å². The van der Waals surface area contributed by atoms with E-state index in [1.54, 1.807) is 0 Å². The summed E-state index contributed by atoms with van der Waals surface area (Å²) >= 11 is 0. The number of hydrogen-bond acceptors (Lipinski definition) is 3. The highest BCUT2D eigenvalue weighted by Crippen LogP contribution is 2.21. The van der Waals surface area contributed by atoms with Crippen molar-refractivity contribution in [3.8, 4) is 0 Å². The van der Waals surface area contributed by atoms with E-state index in [9.17, 15) is 13.2 Å². The van der Waals surface area contributed by atoms with Crippen LogP contribution < -0.4 is 5.73 Å². The first-order valence-electron chi connectivity index (χ1n) is 5.21. The minimum absolute atomic E-state index is 0.304. The number of fused-ring (bicyclic) bond motifs is 1. The van der Waals surface area contributed by atoms with Gasteiger partial charge in [0.05, 0.1) is 0 Å². The molecule has 0 fully saturated rings. The fourth-order valence-electron chi connectivity index (χ4n) is 1.68. The van der Waals surface area contributed by atoms with Crippen LogP contribution >= 0.6 is 0 Å². The van der Waals surface area contributed by atoms with E-state index >= 15 is 0 Å². The number of carbonyl (C=O) groups is 1. The Balaban J connectivity index is 0.000000203. The third-order valence-corrected chi connectivity index (χ3v) is 2.54. The maximum atomic E-state index is 10.6. The quantitative estimate of drug-likeness (QED) is 0.742. The highest BCUT2D eigenvalue weighted by Gasteiger charge is 2.38. The smallest absolute Gasteiger partial charge is 0.475 e. The Bertz CT molecular complexity index is 446. The molecule has 0 saturated carbocycles. The van der Waals surface area contributed by atoms with E-state index in [-0.39, 0.29) is 0 Å². The molecule has 1 aliphatic rings. The number of alkyl halides is 3. The third-order valence-electron chi connectivity index (χ3n) is 2.54. The normalized spacial score (nSPS) is 17.7. The first-order chi connectivity index (χ1) is 8.21. The van der Waals surface area contributed by atoms with Gasteiger partial charge in [-0.05, 0) is 30.5 Å². The van der Waals surface area contributed by atoms with Gasteiger partial charge in [0.2, 0.25) is 0 Å². The van der Waals surface area contributed by atoms with Crippen LogP contribution in [-0.4, -0.2) is 28.3 Å². The van der Waals surface area contributed by atoms with Gasteiger partial charge in [-0.3, -0.25) is 4.98 Å². The van der Waals surface area contributed by atoms with Gasteiger partial charge in [0, 0.05) is 24.4 Å². The molecular weight excluding hydrogens is 249 g/mol. The number of nitrogens with two attached hydrogens (primary N) is 1. The standard InChI is InChI=1S/C9H12N2.C2HF3O2/c1-6-2-3-11-9-5-7(10)4-8(6)9;3-2(4,5)1(6)7/h2-3,7H,4-5,10H2,1H3;(H,6,7). The highest BCUT2D eigenvalue weighted by molar-refractivity contribution is 5.73. The number of halogens is 3. The van der Waals surface area contributed by atoms with Gasteiger partial charge in [-0.1, -0.05) is 0 Å². The molecule has 1 atom stereocenters. The van der Waals surface area contributed by atoms with Crippen molar-refractivity contribution in [1.29, 1.82) is 0 Å². The Morgan fingerprint density at radius 3 is 2.50 bits per heavy atom. The predicted molar refractivity (Wildman–Crippen MR) is 58.0 cm³/mol. The molecule has 0 radical (unpaired) electrons. The van der Waals surface area contributed by atoms with E-state index in [1.165, 1.54) is 16.8 Å². The molecule has 1 aromatic rings. The van der Waals surface area contributed by atoms with E-state index < -0.39 is 12.1 Å². The van der Waals surface area contributed by atoms with Crippen LogP contribution in [0.1, 0.15) is 16.8 Å². The van der Waals surface area contributed by atoms with Crippen molar-refractivity contribution in [2.75, 3.05) is 0 Å². The lowest BCUT2D eigenvalue weighted by atomic mass is 10.1. The molecule has 4 nitrogen and oxygen atoms in total. The Kier molecular flexibility index (Phi) is 4.28. The molecule has 7 heteroatoms. The molecule has 0 saturated heterocycles. The zero-order chi connectivity index (χ0) is 13.9. The SMILES string of the molecule is Cc1ccnc2c1CC(N)C2.O=C(O)C(F)(F)F. The van der Waals surface area contributed by atoms with E-state index in [0.29, 0.717) is 6.04 Å². The number of aromatic nitrogens is 1. The van der Waals surface area contributed by atoms with Crippen LogP contribution in [0.3, 0.4) is 0 Å². The third kappa shape index (κ3) is 3.69. The number of carboxylic acid groups (broad SMARTS) is 1. The van der Waals surface area contributed by atoms with Crippen molar-refractivity contribution < 1.29 is 23.1 Å². The van der Waals surface area contributed by atoms with Crippen molar-refractivity contribution >= 4 is 5.97 Å². The van der Waals surface area contributed by atoms with Crippen LogP contribution in [0, 0.1) is 6.92 Å². The molecule has 0 spiro atoms. The van der Waals surface area contributed by atoms with Gasteiger partial charge in [0.15, 0.2) is 0 Å². The molecule has 3 N–H and O–H groups in total. The summed E-state index contributed by atoms with van der Waals surface area (Å²) in [6.45, 7) is 2.12. The fraction of sp³-hybridized carbons (Fsp3) is 0.455. The van der Waals surface area contributed by atoms with Gasteiger partial charge in [0.1, 0.15) is 0 Å². The molecule has 2 rings (SSSR count). The Hall–Kier alpha value is -1.63. The Morgan fingerprint density at radius 2 is 2.06 bits per heavy atom.